The number of halogens is 1. The number of hydrogen-bond acceptors (Lipinski definition) is 9. The fourth-order valence-corrected chi connectivity index (χ4v) is 4.87. The monoisotopic (exact) mass is 469 g/mol. The molecule has 10 nitrogen and oxygen atoms in total. The number of benzene rings is 1. The summed E-state index contributed by atoms with van der Waals surface area (Å²) in [6.07, 6.45) is 1.34. The van der Waals surface area contributed by atoms with E-state index in [1.165, 1.54) is 0 Å². The minimum absolute atomic E-state index is 0.0441. The Balaban J connectivity index is 1.41. The molecule has 0 amide bonds. The Hall–Kier alpha value is -2.02. The summed E-state index contributed by atoms with van der Waals surface area (Å²) in [6.45, 7) is -0.310. The second-order valence-corrected chi connectivity index (χ2v) is 9.44. The zero-order valence-corrected chi connectivity index (χ0v) is 18.1. The van der Waals surface area contributed by atoms with E-state index in [4.69, 9.17) is 16.7 Å². The highest BCUT2D eigenvalue weighted by molar-refractivity contribution is 7.84. The highest BCUT2D eigenvalue weighted by atomic mass is 35.5. The first-order valence-corrected chi connectivity index (χ1v) is 11.7. The maximum atomic E-state index is 11.0. The van der Waals surface area contributed by atoms with E-state index in [1.54, 1.807) is 12.3 Å². The van der Waals surface area contributed by atoms with Crippen LogP contribution < -0.4 is 15.8 Å². The summed E-state index contributed by atoms with van der Waals surface area (Å²) in [5.41, 5.74) is 2.26. The van der Waals surface area contributed by atoms with E-state index < -0.39 is 34.5 Å². The molecule has 0 bridgehead atoms. The van der Waals surface area contributed by atoms with E-state index in [0.717, 1.165) is 29.0 Å². The fourth-order valence-electron chi connectivity index (χ4n) is 4.23. The van der Waals surface area contributed by atoms with Crippen LogP contribution in [0.1, 0.15) is 30.0 Å². The lowest BCUT2D eigenvalue weighted by Gasteiger charge is -2.19. The normalized spacial score (nSPS) is 27.8. The molecule has 0 spiro atoms. The van der Waals surface area contributed by atoms with Gasteiger partial charge in [0.1, 0.15) is 11.9 Å². The molecule has 5 atom stereocenters. The molecule has 168 valence electrons. The third-order valence-corrected chi connectivity index (χ3v) is 6.57. The van der Waals surface area contributed by atoms with Crippen LogP contribution in [0.5, 0.6) is 0 Å². The molecule has 0 saturated heterocycles. The first-order chi connectivity index (χ1) is 14.7. The lowest BCUT2D eigenvalue weighted by atomic mass is 10.1. The Kier molecular flexibility index (Phi) is 6.33. The summed E-state index contributed by atoms with van der Waals surface area (Å²) in [7, 11) is -4.12. The Morgan fingerprint density at radius 2 is 2.03 bits per heavy atom. The lowest BCUT2D eigenvalue weighted by Crippen LogP contribution is -2.36. The zero-order chi connectivity index (χ0) is 22.2. The number of anilines is 2. The predicted octanol–water partition coefficient (Wildman–Crippen LogP) is 0.972. The molecule has 1 heterocycles. The van der Waals surface area contributed by atoms with Crippen molar-refractivity contribution in [3.05, 3.63) is 46.6 Å². The summed E-state index contributed by atoms with van der Waals surface area (Å²) < 4.78 is 26.5. The second kappa shape index (κ2) is 8.85. The maximum Gasteiger partial charge on any atom is 0.333 e. The van der Waals surface area contributed by atoms with Gasteiger partial charge in [-0.3, -0.25) is 4.18 Å². The van der Waals surface area contributed by atoms with Crippen LogP contribution in [-0.4, -0.2) is 53.5 Å². The van der Waals surface area contributed by atoms with Gasteiger partial charge in [-0.25, -0.2) is 10.1 Å². The van der Waals surface area contributed by atoms with E-state index in [1.807, 2.05) is 18.2 Å². The highest BCUT2D eigenvalue weighted by Crippen LogP contribution is 2.37. The van der Waals surface area contributed by atoms with Gasteiger partial charge in [-0.2, -0.15) is 13.4 Å². The third kappa shape index (κ3) is 5.08. The number of aliphatic hydroxyl groups excluding tert-OH is 2. The molecule has 1 fully saturated rings. The largest absolute Gasteiger partial charge is 0.390 e. The molecule has 1 saturated carbocycles. The molecular formula is C19H24ClN5O5S. The lowest BCUT2D eigenvalue weighted by molar-refractivity contribution is 0.00778. The molecule has 4 rings (SSSR count). The van der Waals surface area contributed by atoms with E-state index in [2.05, 4.69) is 24.8 Å². The molecule has 12 heteroatoms. The number of hydrogen-bond donors (Lipinski definition) is 5. The van der Waals surface area contributed by atoms with Crippen molar-refractivity contribution in [2.45, 2.75) is 43.6 Å². The predicted molar refractivity (Wildman–Crippen MR) is 115 cm³/mol. The first kappa shape index (κ1) is 22.2. The smallest absolute Gasteiger partial charge is 0.333 e. The van der Waals surface area contributed by atoms with Gasteiger partial charge >= 0.3 is 10.3 Å². The molecule has 31 heavy (non-hydrogen) atoms. The number of aliphatic hydroxyl groups is 2. The van der Waals surface area contributed by atoms with E-state index in [9.17, 15) is 18.6 Å². The van der Waals surface area contributed by atoms with Crippen molar-refractivity contribution < 1.29 is 22.8 Å². The van der Waals surface area contributed by atoms with E-state index in [0.29, 0.717) is 11.8 Å². The van der Waals surface area contributed by atoms with Gasteiger partial charge in [0.15, 0.2) is 0 Å². The van der Waals surface area contributed by atoms with Crippen LogP contribution >= 0.6 is 11.6 Å². The van der Waals surface area contributed by atoms with Crippen LogP contribution in [0.25, 0.3) is 0 Å². The Morgan fingerprint density at radius 1 is 1.23 bits per heavy atom. The summed E-state index contributed by atoms with van der Waals surface area (Å²) in [6, 6.07) is 6.99. The fraction of sp³-hybridized carbons (Fsp3) is 0.474. The van der Waals surface area contributed by atoms with Crippen LogP contribution in [0, 0.1) is 5.92 Å². The molecule has 1 aromatic carbocycles. The van der Waals surface area contributed by atoms with Crippen molar-refractivity contribution in [3.8, 4) is 0 Å². The second-order valence-electron chi connectivity index (χ2n) is 7.81. The topological polar surface area (TPSA) is 160 Å². The molecule has 2 aliphatic rings. The van der Waals surface area contributed by atoms with Gasteiger partial charge in [-0.15, -0.1) is 0 Å². The molecule has 0 aliphatic heterocycles. The summed E-state index contributed by atoms with van der Waals surface area (Å²) in [5.74, 6) is 0.293. The van der Waals surface area contributed by atoms with Crippen LogP contribution in [0.4, 0.5) is 11.8 Å². The summed E-state index contributed by atoms with van der Waals surface area (Å²) in [4.78, 5) is 8.73. The van der Waals surface area contributed by atoms with Crippen LogP contribution in [-0.2, 0) is 20.9 Å². The van der Waals surface area contributed by atoms with Crippen molar-refractivity contribution in [1.29, 1.82) is 0 Å². The SMILES string of the molecule is NS(=O)(=O)OC[C@H]1C[C@@H](Nc2ccnc(N[C@H]3CCc4c(Cl)cccc43)n2)[C@H](O)[C@@H]1O. The quantitative estimate of drug-likeness (QED) is 0.398. The number of fused-ring (bicyclic) bond motifs is 1. The zero-order valence-electron chi connectivity index (χ0n) is 16.5. The van der Waals surface area contributed by atoms with Crippen LogP contribution in [0.2, 0.25) is 5.02 Å². The number of aromatic nitrogens is 2. The van der Waals surface area contributed by atoms with Gasteiger partial charge in [0, 0.05) is 17.1 Å². The van der Waals surface area contributed by atoms with Crippen molar-refractivity contribution in [2.24, 2.45) is 11.1 Å². The molecule has 2 aliphatic carbocycles. The molecule has 0 radical (unpaired) electrons. The third-order valence-electron chi connectivity index (χ3n) is 5.75. The van der Waals surface area contributed by atoms with Crippen molar-refractivity contribution >= 4 is 33.7 Å². The molecule has 6 N–H and O–H groups in total. The highest BCUT2D eigenvalue weighted by Gasteiger charge is 2.42. The van der Waals surface area contributed by atoms with Gasteiger partial charge in [-0.1, -0.05) is 23.7 Å². The van der Waals surface area contributed by atoms with Crippen LogP contribution in [0.15, 0.2) is 30.5 Å². The van der Waals surface area contributed by atoms with Crippen LogP contribution in [0.3, 0.4) is 0 Å². The maximum absolute atomic E-state index is 11.0. The molecule has 0 unspecified atom stereocenters. The number of nitrogens with two attached hydrogens (primary N) is 1. The number of nitrogens with one attached hydrogen (secondary N) is 2. The minimum Gasteiger partial charge on any atom is -0.390 e. The standard InChI is InChI=1S/C19H24ClN5O5S/c20-13-3-1-2-12-11(13)4-5-14(12)24-19-22-7-6-16(25-19)23-15-8-10(17(26)18(15)27)9-30-31(21,28)29/h1-3,6-7,10,14-15,17-18,26-27H,4-5,8-9H2,(H2,21,28,29)(H2,22,23,24,25)/t10-,14+,15-,17-,18+/m1/s1. The van der Waals surface area contributed by atoms with Gasteiger partial charge in [0.05, 0.1) is 24.8 Å². The average Bonchev–Trinajstić information content (AvgIpc) is 3.24. The number of nitrogens with zero attached hydrogens (tertiary/aromatic N) is 2. The first-order valence-electron chi connectivity index (χ1n) is 9.88. The minimum atomic E-state index is -4.12. The Bertz CT molecular complexity index is 1060. The van der Waals surface area contributed by atoms with Crippen molar-refractivity contribution in [2.75, 3.05) is 17.2 Å². The molecular weight excluding hydrogens is 446 g/mol. The van der Waals surface area contributed by atoms with Gasteiger partial charge in [-0.05, 0) is 42.5 Å². The van der Waals surface area contributed by atoms with Gasteiger partial charge in [0.2, 0.25) is 5.95 Å². The van der Waals surface area contributed by atoms with Crippen molar-refractivity contribution in [1.82, 2.24) is 9.97 Å². The molecule has 2 aromatic rings. The van der Waals surface area contributed by atoms with Gasteiger partial charge in [0.25, 0.3) is 0 Å². The summed E-state index contributed by atoms with van der Waals surface area (Å²) >= 11 is 6.28. The van der Waals surface area contributed by atoms with E-state index in [-0.39, 0.29) is 19.1 Å². The van der Waals surface area contributed by atoms with E-state index >= 15 is 0 Å². The Morgan fingerprint density at radius 3 is 2.81 bits per heavy atom. The van der Waals surface area contributed by atoms with Gasteiger partial charge < -0.3 is 20.8 Å². The van der Waals surface area contributed by atoms with Crippen molar-refractivity contribution in [3.63, 3.8) is 0 Å². The summed E-state index contributed by atoms with van der Waals surface area (Å²) in [5, 5.41) is 32.5. The number of rotatable bonds is 7. The molecule has 1 aromatic heterocycles. The Labute approximate surface area is 185 Å². The average molecular weight is 470 g/mol.